The average molecular weight is 221 g/mol. The van der Waals surface area contributed by atoms with E-state index >= 15 is 0 Å². The molecule has 0 aliphatic carbocycles. The number of rotatable bonds is 4. The summed E-state index contributed by atoms with van der Waals surface area (Å²) in [5.41, 5.74) is 0.293. The monoisotopic (exact) mass is 221 g/mol. The number of carboxylic acid groups (broad SMARTS) is 1. The molecule has 1 N–H and O–H groups in total. The predicted molar refractivity (Wildman–Crippen MR) is 60.7 cm³/mol. The molecule has 0 aliphatic rings. The van der Waals surface area contributed by atoms with Crippen molar-refractivity contribution in [3.8, 4) is 0 Å². The van der Waals surface area contributed by atoms with Crippen molar-refractivity contribution >= 4 is 11.9 Å². The molecule has 0 saturated carbocycles. The summed E-state index contributed by atoms with van der Waals surface area (Å²) in [7, 11) is 1.67. The van der Waals surface area contributed by atoms with Crippen LogP contribution in [0.4, 0.5) is 0 Å². The maximum Gasteiger partial charge on any atom is 0.336 e. The van der Waals surface area contributed by atoms with E-state index in [1.165, 1.54) is 17.0 Å². The number of carboxylic acids is 1. The average Bonchev–Trinajstić information content (AvgIpc) is 2.28. The van der Waals surface area contributed by atoms with Crippen molar-refractivity contribution in [2.45, 2.75) is 13.3 Å². The highest BCUT2D eigenvalue weighted by molar-refractivity contribution is 6.04. The van der Waals surface area contributed by atoms with Gasteiger partial charge in [0.25, 0.3) is 5.91 Å². The minimum absolute atomic E-state index is 0.0513. The number of carbonyl (C=O) groups excluding carboxylic acids is 1. The highest BCUT2D eigenvalue weighted by Crippen LogP contribution is 2.11. The van der Waals surface area contributed by atoms with Crippen LogP contribution in [-0.4, -0.2) is 35.5 Å². The summed E-state index contributed by atoms with van der Waals surface area (Å²) in [4.78, 5) is 24.4. The zero-order valence-electron chi connectivity index (χ0n) is 9.43. The first-order valence-corrected chi connectivity index (χ1v) is 5.15. The van der Waals surface area contributed by atoms with Crippen LogP contribution in [0.3, 0.4) is 0 Å². The first-order valence-electron chi connectivity index (χ1n) is 5.15. The van der Waals surface area contributed by atoms with Gasteiger partial charge in [-0.3, -0.25) is 4.79 Å². The van der Waals surface area contributed by atoms with E-state index < -0.39 is 5.97 Å². The van der Waals surface area contributed by atoms with Gasteiger partial charge in [-0.1, -0.05) is 19.1 Å². The minimum Gasteiger partial charge on any atom is -0.478 e. The van der Waals surface area contributed by atoms with E-state index in [1.807, 2.05) is 6.92 Å². The zero-order chi connectivity index (χ0) is 12.1. The van der Waals surface area contributed by atoms with Crippen LogP contribution >= 0.6 is 0 Å². The van der Waals surface area contributed by atoms with Crippen LogP contribution in [0, 0.1) is 0 Å². The third-order valence-corrected chi connectivity index (χ3v) is 2.29. The van der Waals surface area contributed by atoms with Crippen LogP contribution in [0.1, 0.15) is 34.1 Å². The molecule has 16 heavy (non-hydrogen) atoms. The number of amides is 1. The summed E-state index contributed by atoms with van der Waals surface area (Å²) < 4.78 is 0. The summed E-state index contributed by atoms with van der Waals surface area (Å²) in [6.07, 6.45) is 0.845. The zero-order valence-corrected chi connectivity index (χ0v) is 9.43. The van der Waals surface area contributed by atoms with Gasteiger partial charge in [0, 0.05) is 13.6 Å². The Morgan fingerprint density at radius 2 is 1.81 bits per heavy atom. The van der Waals surface area contributed by atoms with Crippen molar-refractivity contribution in [3.05, 3.63) is 35.4 Å². The Bertz CT molecular complexity index is 401. The highest BCUT2D eigenvalue weighted by atomic mass is 16.4. The Morgan fingerprint density at radius 3 is 2.31 bits per heavy atom. The van der Waals surface area contributed by atoms with Gasteiger partial charge in [-0.05, 0) is 18.6 Å². The molecule has 0 saturated heterocycles. The molecule has 0 aliphatic heterocycles. The number of hydrogen-bond acceptors (Lipinski definition) is 2. The van der Waals surface area contributed by atoms with Gasteiger partial charge >= 0.3 is 5.97 Å². The fraction of sp³-hybridized carbons (Fsp3) is 0.333. The Labute approximate surface area is 94.5 Å². The largest absolute Gasteiger partial charge is 0.478 e. The van der Waals surface area contributed by atoms with Gasteiger partial charge in [0.05, 0.1) is 11.1 Å². The molecule has 0 atom stereocenters. The fourth-order valence-corrected chi connectivity index (χ4v) is 1.50. The van der Waals surface area contributed by atoms with Crippen LogP contribution in [0.2, 0.25) is 0 Å². The number of aromatic carboxylic acids is 1. The molecular weight excluding hydrogens is 206 g/mol. The number of benzene rings is 1. The van der Waals surface area contributed by atoms with Crippen LogP contribution in [0.5, 0.6) is 0 Å². The van der Waals surface area contributed by atoms with Gasteiger partial charge in [-0.2, -0.15) is 0 Å². The lowest BCUT2D eigenvalue weighted by Gasteiger charge is -2.17. The van der Waals surface area contributed by atoms with E-state index in [1.54, 1.807) is 19.2 Å². The Morgan fingerprint density at radius 1 is 1.25 bits per heavy atom. The Balaban J connectivity index is 3.03. The van der Waals surface area contributed by atoms with Crippen LogP contribution in [-0.2, 0) is 0 Å². The SMILES string of the molecule is CCCN(C)C(=O)c1ccccc1C(=O)O. The van der Waals surface area contributed by atoms with E-state index in [4.69, 9.17) is 5.11 Å². The Kier molecular flexibility index (Phi) is 4.05. The molecule has 0 spiro atoms. The molecule has 0 fully saturated rings. The molecule has 1 aromatic carbocycles. The van der Waals surface area contributed by atoms with E-state index in [-0.39, 0.29) is 17.0 Å². The quantitative estimate of drug-likeness (QED) is 0.844. The van der Waals surface area contributed by atoms with E-state index in [9.17, 15) is 9.59 Å². The second-order valence-corrected chi connectivity index (χ2v) is 3.58. The van der Waals surface area contributed by atoms with E-state index in [0.717, 1.165) is 6.42 Å². The molecule has 86 valence electrons. The van der Waals surface area contributed by atoms with Crippen molar-refractivity contribution in [3.63, 3.8) is 0 Å². The van der Waals surface area contributed by atoms with E-state index in [0.29, 0.717) is 6.54 Å². The number of carbonyl (C=O) groups is 2. The van der Waals surface area contributed by atoms with Crippen molar-refractivity contribution < 1.29 is 14.7 Å². The molecule has 0 aromatic heterocycles. The van der Waals surface area contributed by atoms with Gasteiger partial charge in [0.15, 0.2) is 0 Å². The molecule has 0 bridgehead atoms. The lowest BCUT2D eigenvalue weighted by atomic mass is 10.1. The second-order valence-electron chi connectivity index (χ2n) is 3.58. The van der Waals surface area contributed by atoms with Gasteiger partial charge in [0.1, 0.15) is 0 Å². The van der Waals surface area contributed by atoms with Crippen LogP contribution < -0.4 is 0 Å². The number of hydrogen-bond donors (Lipinski definition) is 1. The maximum atomic E-state index is 11.9. The second kappa shape index (κ2) is 5.30. The number of nitrogens with zero attached hydrogens (tertiary/aromatic N) is 1. The smallest absolute Gasteiger partial charge is 0.336 e. The first kappa shape index (κ1) is 12.2. The van der Waals surface area contributed by atoms with E-state index in [2.05, 4.69) is 0 Å². The van der Waals surface area contributed by atoms with Crippen molar-refractivity contribution in [2.75, 3.05) is 13.6 Å². The topological polar surface area (TPSA) is 57.6 Å². The molecule has 0 unspecified atom stereocenters. The fourth-order valence-electron chi connectivity index (χ4n) is 1.50. The van der Waals surface area contributed by atoms with Gasteiger partial charge in [-0.25, -0.2) is 4.79 Å². The van der Waals surface area contributed by atoms with Crippen LogP contribution in [0.15, 0.2) is 24.3 Å². The summed E-state index contributed by atoms with van der Waals surface area (Å²) in [6.45, 7) is 2.58. The van der Waals surface area contributed by atoms with Crippen LogP contribution in [0.25, 0.3) is 0 Å². The Hall–Kier alpha value is -1.84. The summed E-state index contributed by atoms with van der Waals surface area (Å²) >= 11 is 0. The molecule has 4 nitrogen and oxygen atoms in total. The maximum absolute atomic E-state index is 11.9. The lowest BCUT2D eigenvalue weighted by molar-refractivity contribution is 0.0681. The molecule has 1 rings (SSSR count). The van der Waals surface area contributed by atoms with Crippen molar-refractivity contribution in [1.29, 1.82) is 0 Å². The third-order valence-electron chi connectivity index (χ3n) is 2.29. The normalized spacial score (nSPS) is 9.88. The van der Waals surface area contributed by atoms with Gasteiger partial charge in [-0.15, -0.1) is 0 Å². The molecule has 0 heterocycles. The molecular formula is C12H15NO3. The summed E-state index contributed by atoms with van der Waals surface area (Å²) in [5.74, 6) is -1.33. The molecule has 1 aromatic rings. The molecule has 0 radical (unpaired) electrons. The molecule has 4 heteroatoms. The molecule has 1 amide bonds. The third kappa shape index (κ3) is 2.59. The minimum atomic E-state index is -1.08. The summed E-state index contributed by atoms with van der Waals surface area (Å²) in [6, 6.07) is 6.26. The first-order chi connectivity index (χ1) is 7.57. The van der Waals surface area contributed by atoms with Crippen molar-refractivity contribution in [2.24, 2.45) is 0 Å². The standard InChI is InChI=1S/C12H15NO3/c1-3-8-13(2)11(14)9-6-4-5-7-10(9)12(15)16/h4-7H,3,8H2,1-2H3,(H,15,16). The predicted octanol–water partition coefficient (Wildman–Crippen LogP) is 1.87. The lowest BCUT2D eigenvalue weighted by Crippen LogP contribution is -2.28. The highest BCUT2D eigenvalue weighted by Gasteiger charge is 2.18. The van der Waals surface area contributed by atoms with Gasteiger partial charge in [0.2, 0.25) is 0 Å². The van der Waals surface area contributed by atoms with Gasteiger partial charge < -0.3 is 10.0 Å². The summed E-state index contributed by atoms with van der Waals surface area (Å²) in [5, 5.41) is 8.96. The van der Waals surface area contributed by atoms with Crippen molar-refractivity contribution in [1.82, 2.24) is 4.90 Å².